The van der Waals surface area contributed by atoms with Gasteiger partial charge in [-0.3, -0.25) is 0 Å². The summed E-state index contributed by atoms with van der Waals surface area (Å²) in [6, 6.07) is 66.2. The van der Waals surface area contributed by atoms with Gasteiger partial charge in [-0.2, -0.15) is 0 Å². The minimum atomic E-state index is -0.269. The lowest BCUT2D eigenvalue weighted by atomic mass is 9.73. The Morgan fingerprint density at radius 2 is 1.09 bits per heavy atom. The van der Waals surface area contributed by atoms with E-state index in [2.05, 4.69) is 219 Å². The summed E-state index contributed by atoms with van der Waals surface area (Å²) < 4.78 is 6.99. The molecule has 57 heavy (non-hydrogen) atoms. The minimum Gasteiger partial charge on any atom is -0.456 e. The lowest BCUT2D eigenvalue weighted by Gasteiger charge is -2.42. The van der Waals surface area contributed by atoms with Gasteiger partial charge in [0.25, 0.3) is 0 Å². The molecule has 0 bridgehead atoms. The van der Waals surface area contributed by atoms with Gasteiger partial charge in [-0.25, -0.2) is 0 Å². The summed E-state index contributed by atoms with van der Waals surface area (Å²) in [4.78, 5) is 4.89. The van der Waals surface area contributed by atoms with E-state index >= 15 is 0 Å². The van der Waals surface area contributed by atoms with Crippen LogP contribution in [0.15, 0.2) is 186 Å². The maximum Gasteiger partial charge on any atom is 0.142 e. The molecule has 0 unspecified atom stereocenters. The predicted octanol–water partition coefficient (Wildman–Crippen LogP) is 15.1. The van der Waals surface area contributed by atoms with Crippen molar-refractivity contribution in [2.45, 2.75) is 38.5 Å². The maximum atomic E-state index is 6.99. The van der Waals surface area contributed by atoms with Crippen LogP contribution >= 0.6 is 0 Å². The number of benzene rings is 8. The molecule has 0 amide bonds. The van der Waals surface area contributed by atoms with Gasteiger partial charge in [0.2, 0.25) is 0 Å². The Bertz CT molecular complexity index is 3010. The van der Waals surface area contributed by atoms with Crippen LogP contribution in [0, 0.1) is 0 Å². The first kappa shape index (κ1) is 33.5. The molecule has 274 valence electrons. The van der Waals surface area contributed by atoms with Crippen LogP contribution in [0.5, 0.6) is 0 Å². The van der Waals surface area contributed by atoms with E-state index in [0.29, 0.717) is 0 Å². The third-order valence-corrected chi connectivity index (χ3v) is 12.6. The van der Waals surface area contributed by atoms with Gasteiger partial charge >= 0.3 is 0 Å². The molecular formula is C54H42N2O. The molecule has 9 aromatic rings. The van der Waals surface area contributed by atoms with Gasteiger partial charge in [0.15, 0.2) is 0 Å². The molecule has 1 aromatic heterocycles. The van der Waals surface area contributed by atoms with Crippen LogP contribution in [0.2, 0.25) is 0 Å². The summed E-state index contributed by atoms with van der Waals surface area (Å²) in [6.45, 7) is 9.41. The zero-order valence-corrected chi connectivity index (χ0v) is 32.6. The molecule has 2 heterocycles. The maximum absolute atomic E-state index is 6.99. The van der Waals surface area contributed by atoms with E-state index in [1.165, 1.54) is 55.9 Å². The Labute approximate surface area is 334 Å². The van der Waals surface area contributed by atoms with Gasteiger partial charge in [-0.1, -0.05) is 149 Å². The van der Waals surface area contributed by atoms with Gasteiger partial charge in [-0.05, 0) is 99.6 Å². The van der Waals surface area contributed by atoms with Crippen molar-refractivity contribution in [1.29, 1.82) is 0 Å². The number of nitrogens with zero attached hydrogens (tertiary/aromatic N) is 2. The Morgan fingerprint density at radius 1 is 0.474 bits per heavy atom. The minimum absolute atomic E-state index is 0.233. The Hall–Kier alpha value is -6.84. The molecule has 0 atom stereocenters. The highest BCUT2D eigenvalue weighted by atomic mass is 16.3. The summed E-state index contributed by atoms with van der Waals surface area (Å²) >= 11 is 0. The van der Waals surface area contributed by atoms with Crippen molar-refractivity contribution in [2.75, 3.05) is 9.80 Å². The third kappa shape index (κ3) is 4.91. The average Bonchev–Trinajstić information content (AvgIpc) is 3.74. The summed E-state index contributed by atoms with van der Waals surface area (Å²) in [6.07, 6.45) is 0. The number of para-hydroxylation sites is 3. The standard InChI is InChI=1S/C54H42N2O/c1-53(2)44-24-14-15-25-46(44)56(37-19-9-6-10-20-37)47-32-31-39(33-45(47)53)55(38-29-27-36(28-30-38)35-17-7-5-8-18-35)48-34-42-40-21-11-13-23-43(40)54(3,4)51(42)52-50(48)41-22-12-16-26-49(41)57-52/h5-34H,1-4H3. The molecule has 0 spiro atoms. The van der Waals surface area contributed by atoms with E-state index in [1.54, 1.807) is 0 Å². The van der Waals surface area contributed by atoms with Crippen LogP contribution < -0.4 is 9.80 Å². The fraction of sp³-hybridized carbons (Fsp3) is 0.111. The topological polar surface area (TPSA) is 19.6 Å². The van der Waals surface area contributed by atoms with Crippen LogP contribution in [0.4, 0.5) is 34.1 Å². The van der Waals surface area contributed by atoms with Crippen molar-refractivity contribution < 1.29 is 4.42 Å². The second-order valence-corrected chi connectivity index (χ2v) is 16.6. The van der Waals surface area contributed by atoms with Crippen molar-refractivity contribution in [1.82, 2.24) is 0 Å². The fourth-order valence-corrected chi connectivity index (χ4v) is 9.83. The second kappa shape index (κ2) is 12.3. The normalized spacial score (nSPS) is 14.6. The molecule has 1 aliphatic heterocycles. The molecule has 11 rings (SSSR count). The van der Waals surface area contributed by atoms with Crippen molar-refractivity contribution in [3.63, 3.8) is 0 Å². The highest BCUT2D eigenvalue weighted by Gasteiger charge is 2.41. The van der Waals surface area contributed by atoms with Crippen molar-refractivity contribution in [2.24, 2.45) is 0 Å². The summed E-state index contributed by atoms with van der Waals surface area (Å²) in [5.74, 6) is 0. The third-order valence-electron chi connectivity index (χ3n) is 12.6. The number of furan rings is 1. The zero-order valence-electron chi connectivity index (χ0n) is 32.6. The molecule has 1 aliphatic carbocycles. The van der Waals surface area contributed by atoms with Crippen molar-refractivity contribution in [3.8, 4) is 22.3 Å². The first-order valence-corrected chi connectivity index (χ1v) is 19.9. The van der Waals surface area contributed by atoms with Gasteiger partial charge in [0, 0.05) is 38.8 Å². The number of anilines is 6. The van der Waals surface area contributed by atoms with Gasteiger partial charge in [0.1, 0.15) is 11.2 Å². The molecule has 0 N–H and O–H groups in total. The molecule has 0 saturated heterocycles. The SMILES string of the molecule is CC1(C)c2ccccc2N(c2ccccc2)c2ccc(N(c3ccc(-c4ccccc4)cc3)c3cc4c(c5oc6ccccc6c35)C(C)(C)c3ccccc3-4)cc21. The highest BCUT2D eigenvalue weighted by molar-refractivity contribution is 6.17. The molecular weight excluding hydrogens is 693 g/mol. The molecule has 2 aliphatic rings. The molecule has 0 fully saturated rings. The Morgan fingerprint density at radius 3 is 1.88 bits per heavy atom. The quantitative estimate of drug-likeness (QED) is 0.176. The Balaban J connectivity index is 1.21. The van der Waals surface area contributed by atoms with E-state index in [1.807, 2.05) is 0 Å². The molecule has 0 radical (unpaired) electrons. The molecule has 0 saturated carbocycles. The number of hydrogen-bond donors (Lipinski definition) is 0. The van der Waals surface area contributed by atoms with E-state index in [4.69, 9.17) is 4.42 Å². The first-order valence-electron chi connectivity index (χ1n) is 19.9. The van der Waals surface area contributed by atoms with E-state index in [9.17, 15) is 0 Å². The van der Waals surface area contributed by atoms with Crippen LogP contribution in [0.3, 0.4) is 0 Å². The van der Waals surface area contributed by atoms with Crippen LogP contribution in [0.1, 0.15) is 49.9 Å². The average molecular weight is 735 g/mol. The summed E-state index contributed by atoms with van der Waals surface area (Å²) in [7, 11) is 0. The number of hydrogen-bond acceptors (Lipinski definition) is 3. The number of fused-ring (bicyclic) bond motifs is 9. The van der Waals surface area contributed by atoms with Crippen molar-refractivity contribution in [3.05, 3.63) is 204 Å². The summed E-state index contributed by atoms with van der Waals surface area (Å²) in [5, 5.41) is 2.25. The van der Waals surface area contributed by atoms with Gasteiger partial charge in [0.05, 0.1) is 22.4 Å². The van der Waals surface area contributed by atoms with Crippen LogP contribution in [-0.2, 0) is 10.8 Å². The van der Waals surface area contributed by atoms with E-state index in [-0.39, 0.29) is 10.8 Å². The highest BCUT2D eigenvalue weighted by Crippen LogP contribution is 2.58. The van der Waals surface area contributed by atoms with Gasteiger partial charge < -0.3 is 14.2 Å². The van der Waals surface area contributed by atoms with Crippen LogP contribution in [0.25, 0.3) is 44.2 Å². The van der Waals surface area contributed by atoms with Crippen molar-refractivity contribution >= 4 is 56.1 Å². The van der Waals surface area contributed by atoms with E-state index in [0.717, 1.165) is 44.7 Å². The Kier molecular flexibility index (Phi) is 7.25. The second-order valence-electron chi connectivity index (χ2n) is 16.6. The summed E-state index contributed by atoms with van der Waals surface area (Å²) in [5.41, 5.74) is 18.2. The van der Waals surface area contributed by atoms with Gasteiger partial charge in [-0.15, -0.1) is 0 Å². The zero-order chi connectivity index (χ0) is 38.5. The smallest absolute Gasteiger partial charge is 0.142 e. The lowest BCUT2D eigenvalue weighted by Crippen LogP contribution is -2.31. The monoisotopic (exact) mass is 734 g/mol. The first-order chi connectivity index (χ1) is 27.8. The predicted molar refractivity (Wildman–Crippen MR) is 238 cm³/mol. The fourth-order valence-electron chi connectivity index (χ4n) is 9.83. The largest absolute Gasteiger partial charge is 0.456 e. The van der Waals surface area contributed by atoms with Crippen LogP contribution in [-0.4, -0.2) is 0 Å². The molecule has 3 heteroatoms. The molecule has 8 aromatic carbocycles. The number of rotatable bonds is 5. The lowest BCUT2D eigenvalue weighted by molar-refractivity contribution is 0.620. The molecule has 3 nitrogen and oxygen atoms in total. The van der Waals surface area contributed by atoms with E-state index < -0.39 is 0 Å².